The summed E-state index contributed by atoms with van der Waals surface area (Å²) < 4.78 is 0. The van der Waals surface area contributed by atoms with Gasteiger partial charge < -0.3 is 15.5 Å². The molecule has 0 spiro atoms. The fourth-order valence-corrected chi connectivity index (χ4v) is 1.60. The zero-order chi connectivity index (χ0) is 10.4. The lowest BCUT2D eigenvalue weighted by Gasteiger charge is -2.24. The molecule has 1 fully saturated rings. The molecule has 80 valence electrons. The summed E-state index contributed by atoms with van der Waals surface area (Å²) in [7, 11) is 1.61. The van der Waals surface area contributed by atoms with Gasteiger partial charge in [0.15, 0.2) is 0 Å². The van der Waals surface area contributed by atoms with Crippen LogP contribution in [-0.4, -0.2) is 49.9 Å². The Bertz CT molecular complexity index is 208. The van der Waals surface area contributed by atoms with E-state index in [9.17, 15) is 9.59 Å². The maximum atomic E-state index is 11.2. The molecule has 0 radical (unpaired) electrons. The Morgan fingerprint density at radius 3 is 3.14 bits per heavy atom. The number of hydrogen-bond donors (Lipinski definition) is 2. The number of carbonyl (C=O) groups is 2. The number of nitrogens with zero attached hydrogens (tertiary/aromatic N) is 1. The Hall–Kier alpha value is -1.10. The van der Waals surface area contributed by atoms with Crippen molar-refractivity contribution >= 4 is 12.3 Å². The van der Waals surface area contributed by atoms with E-state index < -0.39 is 0 Å². The van der Waals surface area contributed by atoms with E-state index in [0.717, 1.165) is 25.9 Å². The van der Waals surface area contributed by atoms with E-state index in [0.29, 0.717) is 13.0 Å². The van der Waals surface area contributed by atoms with Crippen molar-refractivity contribution in [2.45, 2.75) is 18.9 Å². The summed E-state index contributed by atoms with van der Waals surface area (Å²) in [5.41, 5.74) is 0. The van der Waals surface area contributed by atoms with Crippen LogP contribution in [0.3, 0.4) is 0 Å². The van der Waals surface area contributed by atoms with Gasteiger partial charge in [-0.3, -0.25) is 9.59 Å². The molecule has 1 aliphatic heterocycles. The first kappa shape index (κ1) is 11.0. The van der Waals surface area contributed by atoms with Crippen LogP contribution in [0.15, 0.2) is 0 Å². The van der Waals surface area contributed by atoms with Gasteiger partial charge in [0, 0.05) is 26.6 Å². The Morgan fingerprint density at radius 2 is 2.50 bits per heavy atom. The monoisotopic (exact) mass is 199 g/mol. The maximum absolute atomic E-state index is 11.2. The molecule has 14 heavy (non-hydrogen) atoms. The number of carbonyl (C=O) groups excluding carboxylic acids is 2. The normalized spacial score (nSPS) is 22.6. The predicted molar refractivity (Wildman–Crippen MR) is 52.7 cm³/mol. The Balaban J connectivity index is 2.51. The van der Waals surface area contributed by atoms with Gasteiger partial charge >= 0.3 is 0 Å². The molecule has 2 N–H and O–H groups in total. The van der Waals surface area contributed by atoms with Gasteiger partial charge in [0.1, 0.15) is 0 Å². The molecule has 5 nitrogen and oxygen atoms in total. The fourth-order valence-electron chi connectivity index (χ4n) is 1.60. The Morgan fingerprint density at radius 1 is 1.71 bits per heavy atom. The molecular formula is C9H17N3O2. The minimum atomic E-state index is -0.0226. The summed E-state index contributed by atoms with van der Waals surface area (Å²) in [6, 6.07) is -0.00468. The van der Waals surface area contributed by atoms with Gasteiger partial charge in [-0.25, -0.2) is 0 Å². The second-order valence-electron chi connectivity index (χ2n) is 3.43. The second kappa shape index (κ2) is 5.59. The largest absolute Gasteiger partial charge is 0.359 e. The highest BCUT2D eigenvalue weighted by atomic mass is 16.2. The zero-order valence-electron chi connectivity index (χ0n) is 8.45. The Kier molecular flexibility index (Phi) is 4.39. The van der Waals surface area contributed by atoms with Crippen molar-refractivity contribution in [3.63, 3.8) is 0 Å². The highest BCUT2D eigenvalue weighted by Gasteiger charge is 2.21. The van der Waals surface area contributed by atoms with Crippen LogP contribution in [0.2, 0.25) is 0 Å². The molecule has 1 heterocycles. The molecular weight excluding hydrogens is 182 g/mol. The van der Waals surface area contributed by atoms with E-state index in [1.165, 1.54) is 0 Å². The van der Waals surface area contributed by atoms with Gasteiger partial charge in [0.2, 0.25) is 12.3 Å². The fraction of sp³-hybridized carbons (Fsp3) is 0.778. The lowest BCUT2D eigenvalue weighted by Crippen LogP contribution is -2.42. The summed E-state index contributed by atoms with van der Waals surface area (Å²) in [5.74, 6) is -0.0226. The molecule has 0 aliphatic carbocycles. The lowest BCUT2D eigenvalue weighted by atomic mass is 10.2. The van der Waals surface area contributed by atoms with Crippen molar-refractivity contribution < 1.29 is 9.59 Å². The van der Waals surface area contributed by atoms with Gasteiger partial charge in [-0.2, -0.15) is 0 Å². The van der Waals surface area contributed by atoms with E-state index in [2.05, 4.69) is 10.6 Å². The first-order chi connectivity index (χ1) is 6.77. The van der Waals surface area contributed by atoms with Gasteiger partial charge in [-0.1, -0.05) is 0 Å². The third-order valence-electron chi connectivity index (χ3n) is 2.45. The number of rotatable bonds is 3. The molecule has 5 heteroatoms. The predicted octanol–water partition coefficient (Wildman–Crippen LogP) is -1.06. The maximum Gasteiger partial charge on any atom is 0.221 e. The van der Waals surface area contributed by atoms with Gasteiger partial charge in [-0.05, 0) is 13.0 Å². The van der Waals surface area contributed by atoms with Crippen LogP contribution >= 0.6 is 0 Å². The van der Waals surface area contributed by atoms with Crippen LogP contribution in [0.4, 0.5) is 0 Å². The topological polar surface area (TPSA) is 61.4 Å². The quantitative estimate of drug-likeness (QED) is 0.570. The van der Waals surface area contributed by atoms with Crippen LogP contribution in [0.1, 0.15) is 12.8 Å². The van der Waals surface area contributed by atoms with Gasteiger partial charge in [-0.15, -0.1) is 0 Å². The molecule has 1 aliphatic rings. The average Bonchev–Trinajstić information content (AvgIpc) is 2.42. The van der Waals surface area contributed by atoms with Crippen molar-refractivity contribution in [3.8, 4) is 0 Å². The van der Waals surface area contributed by atoms with E-state index >= 15 is 0 Å². The van der Waals surface area contributed by atoms with Crippen LogP contribution in [0, 0.1) is 0 Å². The molecule has 1 atom stereocenters. The zero-order valence-corrected chi connectivity index (χ0v) is 8.45. The summed E-state index contributed by atoms with van der Waals surface area (Å²) in [6.07, 6.45) is 2.16. The molecule has 2 amide bonds. The van der Waals surface area contributed by atoms with Crippen LogP contribution in [0.25, 0.3) is 0 Å². The first-order valence-corrected chi connectivity index (χ1v) is 4.90. The standard InChI is InChI=1S/C9H17N3O2/c1-10-9(14)5-8-6-11-3-2-4-12(8)7-13/h7-8,11H,2-6H2,1H3,(H,10,14). The minimum absolute atomic E-state index is 0.00468. The van der Waals surface area contributed by atoms with Crippen LogP contribution in [0.5, 0.6) is 0 Å². The van der Waals surface area contributed by atoms with E-state index in [1.807, 2.05) is 0 Å². The second-order valence-corrected chi connectivity index (χ2v) is 3.43. The van der Waals surface area contributed by atoms with Gasteiger partial charge in [0.25, 0.3) is 0 Å². The molecule has 0 bridgehead atoms. The Labute approximate surface area is 83.8 Å². The third kappa shape index (κ3) is 2.99. The van der Waals surface area contributed by atoms with Gasteiger partial charge in [0.05, 0.1) is 6.04 Å². The summed E-state index contributed by atoms with van der Waals surface area (Å²) in [4.78, 5) is 23.6. The molecule has 0 aromatic carbocycles. The summed E-state index contributed by atoms with van der Waals surface area (Å²) >= 11 is 0. The van der Waals surface area contributed by atoms with Crippen molar-refractivity contribution in [2.75, 3.05) is 26.7 Å². The molecule has 0 aromatic heterocycles. The highest BCUT2D eigenvalue weighted by molar-refractivity contribution is 5.76. The molecule has 0 saturated carbocycles. The average molecular weight is 199 g/mol. The van der Waals surface area contributed by atoms with Crippen LogP contribution in [-0.2, 0) is 9.59 Å². The molecule has 0 aromatic rings. The molecule has 1 saturated heterocycles. The van der Waals surface area contributed by atoms with E-state index in [4.69, 9.17) is 0 Å². The van der Waals surface area contributed by atoms with Crippen molar-refractivity contribution in [2.24, 2.45) is 0 Å². The van der Waals surface area contributed by atoms with Crippen molar-refractivity contribution in [1.29, 1.82) is 0 Å². The summed E-state index contributed by atoms with van der Waals surface area (Å²) in [5, 5.41) is 5.78. The SMILES string of the molecule is CNC(=O)CC1CNCCCN1C=O. The summed E-state index contributed by atoms with van der Waals surface area (Å²) in [6.45, 7) is 2.35. The minimum Gasteiger partial charge on any atom is -0.359 e. The smallest absolute Gasteiger partial charge is 0.221 e. The number of hydrogen-bond acceptors (Lipinski definition) is 3. The highest BCUT2D eigenvalue weighted by Crippen LogP contribution is 2.05. The third-order valence-corrected chi connectivity index (χ3v) is 2.45. The molecule has 1 rings (SSSR count). The number of nitrogens with one attached hydrogen (secondary N) is 2. The van der Waals surface area contributed by atoms with E-state index in [1.54, 1.807) is 11.9 Å². The van der Waals surface area contributed by atoms with Crippen molar-refractivity contribution in [3.05, 3.63) is 0 Å². The van der Waals surface area contributed by atoms with E-state index in [-0.39, 0.29) is 11.9 Å². The first-order valence-electron chi connectivity index (χ1n) is 4.90. The number of amides is 2. The lowest BCUT2D eigenvalue weighted by molar-refractivity contribution is -0.124. The van der Waals surface area contributed by atoms with Crippen LogP contribution < -0.4 is 10.6 Å². The van der Waals surface area contributed by atoms with Crippen molar-refractivity contribution in [1.82, 2.24) is 15.5 Å². The molecule has 1 unspecified atom stereocenters.